The molecule has 0 saturated heterocycles. The molecule has 100 valence electrons. The SMILES string of the molecule is CCN(Cc1nc(C)cc(Cl)n1)C1CCCCC1. The van der Waals surface area contributed by atoms with Crippen molar-refractivity contribution in [2.45, 2.75) is 58.5 Å². The van der Waals surface area contributed by atoms with Crippen molar-refractivity contribution in [3.05, 3.63) is 22.7 Å². The first-order valence-electron chi connectivity index (χ1n) is 6.93. The fourth-order valence-corrected chi connectivity index (χ4v) is 3.04. The number of nitrogens with zero attached hydrogens (tertiary/aromatic N) is 3. The molecule has 0 unspecified atom stereocenters. The van der Waals surface area contributed by atoms with Crippen LogP contribution in [0.4, 0.5) is 0 Å². The van der Waals surface area contributed by atoms with Crippen molar-refractivity contribution >= 4 is 11.6 Å². The van der Waals surface area contributed by atoms with E-state index < -0.39 is 0 Å². The summed E-state index contributed by atoms with van der Waals surface area (Å²) in [5, 5.41) is 0.553. The Hall–Kier alpha value is -0.670. The van der Waals surface area contributed by atoms with E-state index in [1.807, 2.05) is 13.0 Å². The minimum absolute atomic E-state index is 0.553. The summed E-state index contributed by atoms with van der Waals surface area (Å²) in [5.74, 6) is 0.854. The predicted molar refractivity (Wildman–Crippen MR) is 74.7 cm³/mol. The molecule has 0 spiro atoms. The molecule has 0 aliphatic heterocycles. The third kappa shape index (κ3) is 3.66. The average Bonchev–Trinajstić information content (AvgIpc) is 2.36. The number of aryl methyl sites for hydroxylation is 1. The first kappa shape index (κ1) is 13.8. The van der Waals surface area contributed by atoms with Crippen molar-refractivity contribution < 1.29 is 0 Å². The van der Waals surface area contributed by atoms with E-state index in [1.54, 1.807) is 0 Å². The van der Waals surface area contributed by atoms with Crippen LogP contribution in [0.25, 0.3) is 0 Å². The first-order valence-corrected chi connectivity index (χ1v) is 7.31. The molecule has 18 heavy (non-hydrogen) atoms. The highest BCUT2D eigenvalue weighted by molar-refractivity contribution is 6.29. The predicted octanol–water partition coefficient (Wildman–Crippen LogP) is 3.59. The van der Waals surface area contributed by atoms with Crippen molar-refractivity contribution in [1.82, 2.24) is 14.9 Å². The number of aromatic nitrogens is 2. The van der Waals surface area contributed by atoms with Gasteiger partial charge in [0.2, 0.25) is 0 Å². The van der Waals surface area contributed by atoms with Crippen LogP contribution >= 0.6 is 11.6 Å². The maximum absolute atomic E-state index is 5.99. The van der Waals surface area contributed by atoms with Gasteiger partial charge in [0.05, 0.1) is 6.54 Å². The van der Waals surface area contributed by atoms with E-state index in [9.17, 15) is 0 Å². The molecule has 1 aliphatic carbocycles. The Morgan fingerprint density at radius 3 is 2.61 bits per heavy atom. The van der Waals surface area contributed by atoms with E-state index in [2.05, 4.69) is 21.8 Å². The van der Waals surface area contributed by atoms with Gasteiger partial charge in [-0.2, -0.15) is 0 Å². The van der Waals surface area contributed by atoms with Gasteiger partial charge in [-0.25, -0.2) is 9.97 Å². The fourth-order valence-electron chi connectivity index (χ4n) is 2.79. The van der Waals surface area contributed by atoms with Crippen LogP contribution < -0.4 is 0 Å². The second kappa shape index (κ2) is 6.48. The maximum atomic E-state index is 5.99. The molecule has 1 fully saturated rings. The van der Waals surface area contributed by atoms with Gasteiger partial charge in [0.15, 0.2) is 0 Å². The van der Waals surface area contributed by atoms with Crippen molar-refractivity contribution in [3.8, 4) is 0 Å². The molecule has 0 atom stereocenters. The molecule has 3 nitrogen and oxygen atoms in total. The van der Waals surface area contributed by atoms with Crippen LogP contribution in [0.1, 0.15) is 50.5 Å². The molecule has 1 aliphatic rings. The zero-order valence-corrected chi connectivity index (χ0v) is 12.1. The van der Waals surface area contributed by atoms with E-state index in [-0.39, 0.29) is 0 Å². The summed E-state index contributed by atoms with van der Waals surface area (Å²) in [7, 11) is 0. The quantitative estimate of drug-likeness (QED) is 0.781. The summed E-state index contributed by atoms with van der Waals surface area (Å²) in [5.41, 5.74) is 0.949. The molecular formula is C14H22ClN3. The summed E-state index contributed by atoms with van der Waals surface area (Å²) in [6.07, 6.45) is 6.73. The van der Waals surface area contributed by atoms with Gasteiger partial charge in [-0.3, -0.25) is 4.90 Å². The second-order valence-corrected chi connectivity index (χ2v) is 5.49. The molecule has 0 radical (unpaired) electrons. The summed E-state index contributed by atoms with van der Waals surface area (Å²) in [6, 6.07) is 2.51. The zero-order chi connectivity index (χ0) is 13.0. The molecule has 0 amide bonds. The monoisotopic (exact) mass is 267 g/mol. The molecule has 1 aromatic heterocycles. The fraction of sp³-hybridized carbons (Fsp3) is 0.714. The van der Waals surface area contributed by atoms with Crippen LogP contribution in [0.5, 0.6) is 0 Å². The van der Waals surface area contributed by atoms with Gasteiger partial charge < -0.3 is 0 Å². The second-order valence-electron chi connectivity index (χ2n) is 5.10. The van der Waals surface area contributed by atoms with E-state index in [0.717, 1.165) is 24.6 Å². The van der Waals surface area contributed by atoms with Crippen LogP contribution in [0.3, 0.4) is 0 Å². The lowest BCUT2D eigenvalue weighted by Gasteiger charge is -2.33. The van der Waals surface area contributed by atoms with Crippen molar-refractivity contribution in [2.24, 2.45) is 0 Å². The Morgan fingerprint density at radius 2 is 2.00 bits per heavy atom. The minimum Gasteiger partial charge on any atom is -0.293 e. The lowest BCUT2D eigenvalue weighted by atomic mass is 9.94. The maximum Gasteiger partial charge on any atom is 0.144 e. The highest BCUT2D eigenvalue weighted by Gasteiger charge is 2.20. The highest BCUT2D eigenvalue weighted by Crippen LogP contribution is 2.23. The van der Waals surface area contributed by atoms with Gasteiger partial charge >= 0.3 is 0 Å². The Bertz CT molecular complexity index is 368. The Kier molecular flexibility index (Phi) is 4.95. The van der Waals surface area contributed by atoms with Crippen LogP contribution in [0.2, 0.25) is 5.15 Å². The van der Waals surface area contributed by atoms with E-state index >= 15 is 0 Å². The highest BCUT2D eigenvalue weighted by atomic mass is 35.5. The average molecular weight is 268 g/mol. The summed E-state index contributed by atoms with van der Waals surface area (Å²) in [6.45, 7) is 6.06. The molecule has 1 aromatic rings. The molecule has 0 bridgehead atoms. The van der Waals surface area contributed by atoms with E-state index in [0.29, 0.717) is 11.2 Å². The number of halogens is 1. The van der Waals surface area contributed by atoms with Gasteiger partial charge in [0.25, 0.3) is 0 Å². The topological polar surface area (TPSA) is 29.0 Å². The standard InChI is InChI=1S/C14H22ClN3/c1-3-18(12-7-5-4-6-8-12)10-14-16-11(2)9-13(15)17-14/h9,12H,3-8,10H2,1-2H3. The normalized spacial score (nSPS) is 17.3. The molecule has 1 heterocycles. The van der Waals surface area contributed by atoms with E-state index in [1.165, 1.54) is 32.1 Å². The van der Waals surface area contributed by atoms with Gasteiger partial charge in [-0.1, -0.05) is 37.8 Å². The van der Waals surface area contributed by atoms with Crippen LogP contribution in [0, 0.1) is 6.92 Å². The van der Waals surface area contributed by atoms with Crippen molar-refractivity contribution in [3.63, 3.8) is 0 Å². The summed E-state index contributed by atoms with van der Waals surface area (Å²) >= 11 is 5.99. The zero-order valence-electron chi connectivity index (χ0n) is 11.3. The van der Waals surface area contributed by atoms with Crippen molar-refractivity contribution in [2.75, 3.05) is 6.54 Å². The van der Waals surface area contributed by atoms with Crippen LogP contribution in [-0.4, -0.2) is 27.5 Å². The lowest BCUT2D eigenvalue weighted by molar-refractivity contribution is 0.152. The molecule has 0 aromatic carbocycles. The molecule has 0 N–H and O–H groups in total. The third-order valence-electron chi connectivity index (χ3n) is 3.71. The largest absolute Gasteiger partial charge is 0.293 e. The lowest BCUT2D eigenvalue weighted by Crippen LogP contribution is -2.36. The first-order chi connectivity index (χ1) is 8.69. The molecule has 4 heteroatoms. The Balaban J connectivity index is 2.04. The van der Waals surface area contributed by atoms with E-state index in [4.69, 9.17) is 11.6 Å². The van der Waals surface area contributed by atoms with Gasteiger partial charge in [0, 0.05) is 11.7 Å². The Morgan fingerprint density at radius 1 is 1.28 bits per heavy atom. The minimum atomic E-state index is 0.553. The number of hydrogen-bond donors (Lipinski definition) is 0. The number of hydrogen-bond acceptors (Lipinski definition) is 3. The van der Waals surface area contributed by atoms with Gasteiger partial charge in [-0.15, -0.1) is 0 Å². The summed E-state index contributed by atoms with van der Waals surface area (Å²) in [4.78, 5) is 11.3. The smallest absolute Gasteiger partial charge is 0.144 e. The van der Waals surface area contributed by atoms with Gasteiger partial charge in [-0.05, 0) is 32.4 Å². The van der Waals surface area contributed by atoms with Crippen LogP contribution in [-0.2, 0) is 6.54 Å². The number of rotatable bonds is 4. The molecule has 1 saturated carbocycles. The van der Waals surface area contributed by atoms with Crippen LogP contribution in [0.15, 0.2) is 6.07 Å². The third-order valence-corrected chi connectivity index (χ3v) is 3.90. The summed E-state index contributed by atoms with van der Waals surface area (Å²) < 4.78 is 0. The van der Waals surface area contributed by atoms with Gasteiger partial charge in [0.1, 0.15) is 11.0 Å². The molecule has 2 rings (SSSR count). The molecular weight excluding hydrogens is 246 g/mol. The Labute approximate surface area is 115 Å². The van der Waals surface area contributed by atoms with Crippen molar-refractivity contribution in [1.29, 1.82) is 0 Å².